The van der Waals surface area contributed by atoms with E-state index in [9.17, 15) is 4.79 Å². The second-order valence-electron chi connectivity index (χ2n) is 8.59. The van der Waals surface area contributed by atoms with Crippen LogP contribution in [0.25, 0.3) is 26.8 Å². The Morgan fingerprint density at radius 3 is 2.94 bits per heavy atom. The van der Waals surface area contributed by atoms with Gasteiger partial charge >= 0.3 is 6.03 Å². The van der Waals surface area contributed by atoms with Crippen LogP contribution in [0.15, 0.2) is 42.2 Å². The van der Waals surface area contributed by atoms with Gasteiger partial charge in [0.05, 0.1) is 21.1 Å². The fourth-order valence-corrected chi connectivity index (χ4v) is 4.74. The molecule has 9 nitrogen and oxygen atoms in total. The van der Waals surface area contributed by atoms with Crippen LogP contribution in [0.5, 0.6) is 0 Å². The SMILES string of the molecule is CC(C)NCCNC(=O)N1CC=C(c2cc3c(Nc4ccc5ncsc5c4)ncnc3[nH]2)CC1. The molecule has 4 heterocycles. The Morgan fingerprint density at radius 1 is 1.21 bits per heavy atom. The normalized spacial score (nSPS) is 14.1. The lowest BCUT2D eigenvalue weighted by molar-refractivity contribution is 0.203. The molecule has 1 aromatic carbocycles. The highest BCUT2D eigenvalue weighted by atomic mass is 32.1. The number of nitrogens with one attached hydrogen (secondary N) is 4. The second-order valence-corrected chi connectivity index (χ2v) is 9.48. The first-order valence-electron chi connectivity index (χ1n) is 11.5. The Kier molecular flexibility index (Phi) is 6.41. The van der Waals surface area contributed by atoms with E-state index in [1.54, 1.807) is 17.7 Å². The van der Waals surface area contributed by atoms with Crippen molar-refractivity contribution in [3.05, 3.63) is 47.9 Å². The molecule has 1 aliphatic rings. The first kappa shape index (κ1) is 22.3. The van der Waals surface area contributed by atoms with Crippen molar-refractivity contribution in [3.63, 3.8) is 0 Å². The third-order valence-electron chi connectivity index (χ3n) is 5.82. The molecule has 10 heteroatoms. The number of amides is 2. The second kappa shape index (κ2) is 9.78. The summed E-state index contributed by atoms with van der Waals surface area (Å²) in [5.41, 5.74) is 6.78. The molecule has 3 aromatic heterocycles. The topological polar surface area (TPSA) is 111 Å². The van der Waals surface area contributed by atoms with Crippen molar-refractivity contribution in [1.29, 1.82) is 0 Å². The van der Waals surface area contributed by atoms with Gasteiger partial charge < -0.3 is 25.8 Å². The van der Waals surface area contributed by atoms with Crippen molar-refractivity contribution in [2.45, 2.75) is 26.3 Å². The lowest BCUT2D eigenvalue weighted by atomic mass is 10.1. The zero-order valence-electron chi connectivity index (χ0n) is 19.3. The van der Waals surface area contributed by atoms with E-state index < -0.39 is 0 Å². The van der Waals surface area contributed by atoms with Gasteiger partial charge in [0.1, 0.15) is 17.8 Å². The van der Waals surface area contributed by atoms with E-state index in [1.165, 1.54) is 5.57 Å². The molecular formula is C24H28N8OS. The molecule has 0 radical (unpaired) electrons. The largest absolute Gasteiger partial charge is 0.340 e. The summed E-state index contributed by atoms with van der Waals surface area (Å²) in [6, 6.07) is 8.57. The van der Waals surface area contributed by atoms with Gasteiger partial charge in [-0.3, -0.25) is 0 Å². The summed E-state index contributed by atoms with van der Waals surface area (Å²) in [6.45, 7) is 6.83. The molecule has 2 amide bonds. The van der Waals surface area contributed by atoms with Gasteiger partial charge in [0.2, 0.25) is 0 Å². The van der Waals surface area contributed by atoms with Crippen LogP contribution in [-0.4, -0.2) is 63.1 Å². The monoisotopic (exact) mass is 476 g/mol. The lowest BCUT2D eigenvalue weighted by Gasteiger charge is -2.26. The number of urea groups is 1. The molecule has 0 saturated carbocycles. The number of carbonyl (C=O) groups excluding carboxylic acids is 1. The fraction of sp³-hybridized carbons (Fsp3) is 0.333. The number of aromatic nitrogens is 4. The Morgan fingerprint density at radius 2 is 2.12 bits per heavy atom. The maximum atomic E-state index is 12.4. The molecule has 0 saturated heterocycles. The highest BCUT2D eigenvalue weighted by Gasteiger charge is 2.19. The Labute approximate surface area is 201 Å². The molecule has 0 fully saturated rings. The summed E-state index contributed by atoms with van der Waals surface area (Å²) < 4.78 is 1.13. The van der Waals surface area contributed by atoms with Crippen LogP contribution in [0, 0.1) is 0 Å². The number of H-pyrrole nitrogens is 1. The number of benzene rings is 1. The van der Waals surface area contributed by atoms with Gasteiger partial charge in [-0.15, -0.1) is 11.3 Å². The number of thiazole rings is 1. The summed E-state index contributed by atoms with van der Waals surface area (Å²) in [5.74, 6) is 0.754. The minimum Gasteiger partial charge on any atom is -0.340 e. The number of nitrogens with zero attached hydrogens (tertiary/aromatic N) is 4. The van der Waals surface area contributed by atoms with E-state index in [-0.39, 0.29) is 6.03 Å². The number of aromatic amines is 1. The highest BCUT2D eigenvalue weighted by molar-refractivity contribution is 7.16. The molecule has 4 aromatic rings. The first-order valence-corrected chi connectivity index (χ1v) is 12.3. The van der Waals surface area contributed by atoms with E-state index in [4.69, 9.17) is 0 Å². The van der Waals surface area contributed by atoms with Crippen molar-refractivity contribution >= 4 is 55.7 Å². The molecule has 34 heavy (non-hydrogen) atoms. The lowest BCUT2D eigenvalue weighted by Crippen LogP contribution is -2.44. The molecule has 0 spiro atoms. The number of carbonyl (C=O) groups is 1. The van der Waals surface area contributed by atoms with Crippen LogP contribution in [0.3, 0.4) is 0 Å². The standard InChI is InChI=1S/C24H28N8OS/c1-15(2)25-7-8-26-24(33)32-9-5-16(6-10-32)20-12-18-22(27-13-28-23(18)31-20)30-17-3-4-19-21(11-17)34-14-29-19/h3-5,11-15,25H,6-10H2,1-2H3,(H,26,33)(H2,27,28,30,31). The minimum absolute atomic E-state index is 0.0206. The quantitative estimate of drug-likeness (QED) is 0.299. The zero-order valence-corrected chi connectivity index (χ0v) is 20.1. The minimum atomic E-state index is -0.0206. The summed E-state index contributed by atoms with van der Waals surface area (Å²) in [6.07, 6.45) is 4.45. The molecule has 4 N–H and O–H groups in total. The van der Waals surface area contributed by atoms with Crippen LogP contribution in [0.4, 0.5) is 16.3 Å². The van der Waals surface area contributed by atoms with Gasteiger partial charge in [-0.1, -0.05) is 19.9 Å². The van der Waals surface area contributed by atoms with Gasteiger partial charge in [-0.25, -0.2) is 19.7 Å². The predicted octanol–water partition coefficient (Wildman–Crippen LogP) is 4.11. The van der Waals surface area contributed by atoms with Crippen molar-refractivity contribution in [1.82, 2.24) is 35.5 Å². The molecule has 0 aliphatic carbocycles. The number of fused-ring (bicyclic) bond motifs is 2. The Balaban J connectivity index is 1.27. The Hall–Kier alpha value is -3.50. The maximum Gasteiger partial charge on any atom is 0.317 e. The molecule has 176 valence electrons. The summed E-state index contributed by atoms with van der Waals surface area (Å²) in [5, 5.41) is 10.6. The van der Waals surface area contributed by atoms with Crippen molar-refractivity contribution in [2.75, 3.05) is 31.5 Å². The highest BCUT2D eigenvalue weighted by Crippen LogP contribution is 2.30. The van der Waals surface area contributed by atoms with Crippen molar-refractivity contribution in [3.8, 4) is 0 Å². The van der Waals surface area contributed by atoms with Gasteiger partial charge in [0.15, 0.2) is 0 Å². The van der Waals surface area contributed by atoms with E-state index in [2.05, 4.69) is 67.9 Å². The molecule has 1 aliphatic heterocycles. The van der Waals surface area contributed by atoms with E-state index in [1.807, 2.05) is 22.5 Å². The zero-order chi connectivity index (χ0) is 23.5. The van der Waals surface area contributed by atoms with Gasteiger partial charge in [-0.05, 0) is 36.3 Å². The molecular weight excluding hydrogens is 448 g/mol. The summed E-state index contributed by atoms with van der Waals surface area (Å²) >= 11 is 1.61. The molecule has 0 atom stereocenters. The smallest absolute Gasteiger partial charge is 0.317 e. The molecule has 0 bridgehead atoms. The number of rotatable bonds is 7. The molecule has 5 rings (SSSR count). The van der Waals surface area contributed by atoms with Crippen LogP contribution >= 0.6 is 11.3 Å². The Bertz CT molecular complexity index is 1340. The van der Waals surface area contributed by atoms with Crippen LogP contribution in [-0.2, 0) is 0 Å². The number of hydrogen-bond donors (Lipinski definition) is 4. The predicted molar refractivity (Wildman–Crippen MR) is 137 cm³/mol. The third-order valence-corrected chi connectivity index (χ3v) is 6.61. The summed E-state index contributed by atoms with van der Waals surface area (Å²) in [7, 11) is 0. The van der Waals surface area contributed by atoms with Crippen LogP contribution in [0.1, 0.15) is 26.0 Å². The average molecular weight is 477 g/mol. The van der Waals surface area contributed by atoms with Crippen molar-refractivity contribution < 1.29 is 4.79 Å². The van der Waals surface area contributed by atoms with Gasteiger partial charge in [-0.2, -0.15) is 0 Å². The van der Waals surface area contributed by atoms with Gasteiger partial charge in [0, 0.05) is 43.6 Å². The van der Waals surface area contributed by atoms with Gasteiger partial charge in [0.25, 0.3) is 0 Å². The van der Waals surface area contributed by atoms with E-state index in [0.717, 1.165) is 51.4 Å². The average Bonchev–Trinajstić information content (AvgIpc) is 3.49. The molecule has 0 unspecified atom stereocenters. The third kappa shape index (κ3) is 4.87. The van der Waals surface area contributed by atoms with E-state index >= 15 is 0 Å². The van der Waals surface area contributed by atoms with Crippen molar-refractivity contribution in [2.24, 2.45) is 0 Å². The van der Waals surface area contributed by atoms with Crippen LogP contribution < -0.4 is 16.0 Å². The van der Waals surface area contributed by atoms with Crippen LogP contribution in [0.2, 0.25) is 0 Å². The first-order chi connectivity index (χ1) is 16.6. The maximum absolute atomic E-state index is 12.4. The fourth-order valence-electron chi connectivity index (χ4n) is 4.02. The number of anilines is 2. The summed E-state index contributed by atoms with van der Waals surface area (Å²) in [4.78, 5) is 30.9. The number of hydrogen-bond acceptors (Lipinski definition) is 7. The van der Waals surface area contributed by atoms with E-state index in [0.29, 0.717) is 25.7 Å².